The van der Waals surface area contributed by atoms with Crippen molar-refractivity contribution in [3.8, 4) is 5.75 Å². The summed E-state index contributed by atoms with van der Waals surface area (Å²) in [5, 5.41) is 8.86. The molecule has 0 radical (unpaired) electrons. The van der Waals surface area contributed by atoms with E-state index in [2.05, 4.69) is 34.7 Å². The lowest BCUT2D eigenvalue weighted by Crippen LogP contribution is -2.43. The van der Waals surface area contributed by atoms with Gasteiger partial charge in [-0.15, -0.1) is 0 Å². The summed E-state index contributed by atoms with van der Waals surface area (Å²) < 4.78 is 6.37. The molecule has 5 heteroatoms. The zero-order valence-corrected chi connectivity index (χ0v) is 12.6. The van der Waals surface area contributed by atoms with Crippen LogP contribution in [0.25, 0.3) is 0 Å². The van der Waals surface area contributed by atoms with Gasteiger partial charge in [-0.1, -0.05) is 0 Å². The highest BCUT2D eigenvalue weighted by Crippen LogP contribution is 2.27. The smallest absolute Gasteiger partial charge is 0.335 e. The van der Waals surface area contributed by atoms with Crippen LogP contribution in [0, 0.1) is 0 Å². The van der Waals surface area contributed by atoms with Gasteiger partial charge in [-0.05, 0) is 62.1 Å². The Morgan fingerprint density at radius 3 is 2.50 bits per heavy atom. The van der Waals surface area contributed by atoms with E-state index in [4.69, 9.17) is 9.84 Å². The second-order valence-electron chi connectivity index (χ2n) is 4.95. The van der Waals surface area contributed by atoms with Crippen LogP contribution in [0.4, 0.5) is 0 Å². The van der Waals surface area contributed by atoms with Crippen molar-refractivity contribution in [3.05, 3.63) is 28.2 Å². The first-order chi connectivity index (χ1) is 8.24. The molecule has 0 fully saturated rings. The van der Waals surface area contributed by atoms with Gasteiger partial charge in [0, 0.05) is 5.54 Å². The van der Waals surface area contributed by atoms with E-state index in [1.165, 1.54) is 6.07 Å². The molecule has 1 N–H and O–H groups in total. The molecule has 0 aliphatic heterocycles. The van der Waals surface area contributed by atoms with Gasteiger partial charge in [0.1, 0.15) is 12.4 Å². The molecule has 1 aromatic rings. The van der Waals surface area contributed by atoms with Gasteiger partial charge in [-0.2, -0.15) is 0 Å². The molecule has 4 nitrogen and oxygen atoms in total. The Bertz CT molecular complexity index is 444. The summed E-state index contributed by atoms with van der Waals surface area (Å²) in [6.45, 7) is 4.67. The lowest BCUT2D eigenvalue weighted by Gasteiger charge is -2.32. The molecule has 1 aromatic carbocycles. The van der Waals surface area contributed by atoms with Gasteiger partial charge >= 0.3 is 5.97 Å². The van der Waals surface area contributed by atoms with Crippen molar-refractivity contribution < 1.29 is 14.6 Å². The average molecular weight is 316 g/mol. The lowest BCUT2D eigenvalue weighted by atomic mass is 10.1. The van der Waals surface area contributed by atoms with Crippen LogP contribution in [0.2, 0.25) is 0 Å². The molecule has 0 aromatic heterocycles. The van der Waals surface area contributed by atoms with Crippen molar-refractivity contribution in [1.82, 2.24) is 4.90 Å². The topological polar surface area (TPSA) is 49.8 Å². The third-order valence-corrected chi connectivity index (χ3v) is 3.59. The van der Waals surface area contributed by atoms with Gasteiger partial charge in [-0.3, -0.25) is 0 Å². The number of hydrogen-bond donors (Lipinski definition) is 1. The zero-order valence-electron chi connectivity index (χ0n) is 11.0. The van der Waals surface area contributed by atoms with Crippen molar-refractivity contribution in [2.75, 3.05) is 20.7 Å². The minimum atomic E-state index is -0.948. The zero-order chi connectivity index (χ0) is 13.9. The maximum absolute atomic E-state index is 10.8. The van der Waals surface area contributed by atoms with Gasteiger partial charge in [0.05, 0.1) is 10.0 Å². The minimum Gasteiger partial charge on any atom is -0.491 e. The number of benzene rings is 1. The Balaban J connectivity index is 2.78. The molecule has 0 saturated carbocycles. The molecular formula is C13H18BrNO3. The second-order valence-corrected chi connectivity index (χ2v) is 5.80. The normalized spacial score (nSPS) is 11.7. The fraction of sp³-hybridized carbons (Fsp3) is 0.462. The third kappa shape index (κ3) is 3.71. The van der Waals surface area contributed by atoms with Gasteiger partial charge < -0.3 is 14.7 Å². The number of carboxylic acids is 1. The Labute approximate surface area is 116 Å². The van der Waals surface area contributed by atoms with Crippen molar-refractivity contribution in [1.29, 1.82) is 0 Å². The SMILES string of the molecule is CN(C)C(C)(C)COc1ccc(C(=O)O)cc1Br. The maximum atomic E-state index is 10.8. The first kappa shape index (κ1) is 15.0. The van der Waals surface area contributed by atoms with Crippen molar-refractivity contribution >= 4 is 21.9 Å². The van der Waals surface area contributed by atoms with Gasteiger partial charge in [0.2, 0.25) is 0 Å². The van der Waals surface area contributed by atoms with Gasteiger partial charge in [0.25, 0.3) is 0 Å². The molecule has 0 unspecified atom stereocenters. The number of halogens is 1. The van der Waals surface area contributed by atoms with Crippen LogP contribution >= 0.6 is 15.9 Å². The van der Waals surface area contributed by atoms with E-state index in [1.54, 1.807) is 12.1 Å². The summed E-state index contributed by atoms with van der Waals surface area (Å²) in [6, 6.07) is 4.74. The monoisotopic (exact) mass is 315 g/mol. The highest BCUT2D eigenvalue weighted by molar-refractivity contribution is 9.10. The van der Waals surface area contributed by atoms with Crippen LogP contribution < -0.4 is 4.74 Å². The molecule has 100 valence electrons. The molecule has 0 aliphatic carbocycles. The molecular weight excluding hydrogens is 298 g/mol. The van der Waals surface area contributed by atoms with Crippen LogP contribution in [0.3, 0.4) is 0 Å². The van der Waals surface area contributed by atoms with Crippen LogP contribution in [0.15, 0.2) is 22.7 Å². The summed E-state index contributed by atoms with van der Waals surface area (Å²) in [4.78, 5) is 12.9. The molecule has 0 heterocycles. The second kappa shape index (κ2) is 5.71. The number of aromatic carboxylic acids is 1. The minimum absolute atomic E-state index is 0.0924. The number of nitrogens with zero attached hydrogens (tertiary/aromatic N) is 1. The van der Waals surface area contributed by atoms with E-state index < -0.39 is 5.97 Å². The maximum Gasteiger partial charge on any atom is 0.335 e. The largest absolute Gasteiger partial charge is 0.491 e. The molecule has 0 bridgehead atoms. The number of carboxylic acid groups (broad SMARTS) is 1. The number of carbonyl (C=O) groups is 1. The molecule has 1 rings (SSSR count). The predicted octanol–water partition coefficient (Wildman–Crippen LogP) is 2.87. The molecule has 0 spiro atoms. The molecule has 0 atom stereocenters. The van der Waals surface area contributed by atoms with Crippen molar-refractivity contribution in [3.63, 3.8) is 0 Å². The average Bonchev–Trinajstić information content (AvgIpc) is 2.26. The Hall–Kier alpha value is -1.07. The number of rotatable bonds is 5. The quantitative estimate of drug-likeness (QED) is 0.907. The standard InChI is InChI=1S/C13H18BrNO3/c1-13(2,15(3)4)8-18-11-6-5-9(12(16)17)7-10(11)14/h5-7H,8H2,1-4H3,(H,16,17). The fourth-order valence-corrected chi connectivity index (χ4v) is 1.63. The lowest BCUT2D eigenvalue weighted by molar-refractivity contribution is 0.0696. The van der Waals surface area contributed by atoms with Crippen LogP contribution in [-0.2, 0) is 0 Å². The highest BCUT2D eigenvalue weighted by atomic mass is 79.9. The summed E-state index contributed by atoms with van der Waals surface area (Å²) in [5.41, 5.74) is 0.145. The van der Waals surface area contributed by atoms with Crippen LogP contribution in [-0.4, -0.2) is 42.2 Å². The first-order valence-corrected chi connectivity index (χ1v) is 6.36. The fourth-order valence-electron chi connectivity index (χ4n) is 1.13. The summed E-state index contributed by atoms with van der Waals surface area (Å²) in [7, 11) is 3.98. The van der Waals surface area contributed by atoms with E-state index in [0.29, 0.717) is 16.8 Å². The third-order valence-electron chi connectivity index (χ3n) is 2.97. The summed E-state index contributed by atoms with van der Waals surface area (Å²) in [5.74, 6) is -0.300. The van der Waals surface area contributed by atoms with Gasteiger partial charge in [-0.25, -0.2) is 4.79 Å². The predicted molar refractivity (Wildman–Crippen MR) is 74.4 cm³/mol. The highest BCUT2D eigenvalue weighted by Gasteiger charge is 2.21. The van der Waals surface area contributed by atoms with E-state index >= 15 is 0 Å². The Kier molecular flexibility index (Phi) is 4.76. The van der Waals surface area contributed by atoms with Gasteiger partial charge in [0.15, 0.2) is 0 Å². The summed E-state index contributed by atoms with van der Waals surface area (Å²) >= 11 is 3.32. The Morgan fingerprint density at radius 2 is 2.06 bits per heavy atom. The van der Waals surface area contributed by atoms with Crippen molar-refractivity contribution in [2.24, 2.45) is 0 Å². The number of hydrogen-bond acceptors (Lipinski definition) is 3. The number of ether oxygens (including phenoxy) is 1. The van der Waals surface area contributed by atoms with E-state index in [-0.39, 0.29) is 11.1 Å². The number of likely N-dealkylation sites (N-methyl/N-ethyl adjacent to an activating group) is 1. The van der Waals surface area contributed by atoms with E-state index in [0.717, 1.165) is 0 Å². The van der Waals surface area contributed by atoms with Crippen molar-refractivity contribution in [2.45, 2.75) is 19.4 Å². The van der Waals surface area contributed by atoms with Crippen LogP contribution in [0.1, 0.15) is 24.2 Å². The molecule has 0 amide bonds. The molecule has 0 saturated heterocycles. The Morgan fingerprint density at radius 1 is 1.44 bits per heavy atom. The van der Waals surface area contributed by atoms with Crippen LogP contribution in [0.5, 0.6) is 5.75 Å². The molecule has 0 aliphatic rings. The first-order valence-electron chi connectivity index (χ1n) is 5.57. The van der Waals surface area contributed by atoms with E-state index in [1.807, 2.05) is 14.1 Å². The molecule has 18 heavy (non-hydrogen) atoms. The van der Waals surface area contributed by atoms with E-state index in [9.17, 15) is 4.79 Å². The summed E-state index contributed by atoms with van der Waals surface area (Å²) in [6.07, 6.45) is 0.